The van der Waals surface area contributed by atoms with E-state index >= 15 is 0 Å². The molecule has 2 rings (SSSR count). The summed E-state index contributed by atoms with van der Waals surface area (Å²) in [4.78, 5) is 24.3. The summed E-state index contributed by atoms with van der Waals surface area (Å²) >= 11 is 3.32. The molecule has 0 saturated carbocycles. The molecule has 0 fully saturated rings. The van der Waals surface area contributed by atoms with Gasteiger partial charge in [0.15, 0.2) is 6.04 Å². The molecule has 6 heteroatoms. The topological polar surface area (TPSA) is 79.2 Å². The number of benzene rings is 2. The van der Waals surface area contributed by atoms with Crippen LogP contribution < -0.4 is 5.32 Å². The molecule has 5 nitrogen and oxygen atoms in total. The largest absolute Gasteiger partial charge is 0.467 e. The number of nitriles is 1. The molecule has 0 saturated heterocycles. The van der Waals surface area contributed by atoms with Crippen molar-refractivity contribution in [2.75, 3.05) is 7.11 Å². The summed E-state index contributed by atoms with van der Waals surface area (Å²) in [6, 6.07) is 14.2. The van der Waals surface area contributed by atoms with Gasteiger partial charge in [-0.25, -0.2) is 4.79 Å². The molecule has 0 radical (unpaired) electrons. The maximum Gasteiger partial charge on any atom is 0.333 e. The molecular formula is C17H13BrN2O3. The number of methoxy groups -OCH3 is 1. The van der Waals surface area contributed by atoms with E-state index in [4.69, 9.17) is 10.00 Å². The first kappa shape index (κ1) is 16.7. The second-order valence-electron chi connectivity index (χ2n) is 4.67. The van der Waals surface area contributed by atoms with E-state index in [0.29, 0.717) is 16.7 Å². The van der Waals surface area contributed by atoms with Gasteiger partial charge in [0.25, 0.3) is 5.91 Å². The third-order valence-electron chi connectivity index (χ3n) is 3.19. The molecule has 0 heterocycles. The molecule has 0 aliphatic heterocycles. The van der Waals surface area contributed by atoms with E-state index in [-0.39, 0.29) is 0 Å². The molecular weight excluding hydrogens is 360 g/mol. The van der Waals surface area contributed by atoms with Gasteiger partial charge in [0.2, 0.25) is 0 Å². The van der Waals surface area contributed by atoms with Crippen molar-refractivity contribution in [2.24, 2.45) is 0 Å². The van der Waals surface area contributed by atoms with Crippen LogP contribution in [0, 0.1) is 11.3 Å². The number of hydrogen-bond acceptors (Lipinski definition) is 4. The average Bonchev–Trinajstić information content (AvgIpc) is 2.59. The Morgan fingerprint density at radius 1 is 1.13 bits per heavy atom. The van der Waals surface area contributed by atoms with Gasteiger partial charge in [0, 0.05) is 10.0 Å². The normalized spacial score (nSPS) is 11.2. The third-order valence-corrected chi connectivity index (χ3v) is 3.72. The second-order valence-corrected chi connectivity index (χ2v) is 5.59. The van der Waals surface area contributed by atoms with Gasteiger partial charge in [-0.15, -0.1) is 0 Å². The van der Waals surface area contributed by atoms with Crippen LogP contribution in [0.25, 0.3) is 0 Å². The highest BCUT2D eigenvalue weighted by atomic mass is 79.9. The Labute approximate surface area is 142 Å². The second kappa shape index (κ2) is 7.56. The lowest BCUT2D eigenvalue weighted by Crippen LogP contribution is -2.34. The minimum atomic E-state index is -0.906. The lowest BCUT2D eigenvalue weighted by molar-refractivity contribution is -0.143. The van der Waals surface area contributed by atoms with Crippen LogP contribution in [0.15, 0.2) is 53.0 Å². The lowest BCUT2D eigenvalue weighted by atomic mass is 10.1. The monoisotopic (exact) mass is 372 g/mol. The molecule has 1 amide bonds. The van der Waals surface area contributed by atoms with E-state index in [0.717, 1.165) is 4.47 Å². The summed E-state index contributed by atoms with van der Waals surface area (Å²) in [5.41, 5.74) is 1.43. The number of nitrogens with zero attached hydrogens (tertiary/aromatic N) is 1. The Kier molecular flexibility index (Phi) is 5.50. The van der Waals surface area contributed by atoms with Crippen molar-refractivity contribution in [3.05, 3.63) is 69.7 Å². The number of ether oxygens (including phenoxy) is 1. The smallest absolute Gasteiger partial charge is 0.333 e. The van der Waals surface area contributed by atoms with Crippen molar-refractivity contribution in [3.8, 4) is 6.07 Å². The Morgan fingerprint density at radius 2 is 1.74 bits per heavy atom. The van der Waals surface area contributed by atoms with Crippen LogP contribution in [0.4, 0.5) is 0 Å². The molecule has 1 atom stereocenters. The average molecular weight is 373 g/mol. The fraction of sp³-hybridized carbons (Fsp3) is 0.118. The van der Waals surface area contributed by atoms with E-state index < -0.39 is 17.9 Å². The Hall–Kier alpha value is -2.65. The number of amides is 1. The van der Waals surface area contributed by atoms with E-state index in [9.17, 15) is 9.59 Å². The molecule has 0 unspecified atom stereocenters. The van der Waals surface area contributed by atoms with Crippen LogP contribution in [-0.2, 0) is 9.53 Å². The maximum absolute atomic E-state index is 12.3. The number of carbonyl (C=O) groups excluding carboxylic acids is 2. The standard InChI is InChI=1S/C17H13BrN2O3/c1-23-17(22)15(12-6-8-14(18)9-7-12)20-16(21)13-4-2-11(10-19)3-5-13/h2-9,15H,1H3,(H,20,21)/t15-/m0/s1. The predicted octanol–water partition coefficient (Wildman–Crippen LogP) is 2.96. The Morgan fingerprint density at radius 3 is 2.26 bits per heavy atom. The summed E-state index contributed by atoms with van der Waals surface area (Å²) in [6.07, 6.45) is 0. The van der Waals surface area contributed by atoms with Gasteiger partial charge in [-0.1, -0.05) is 28.1 Å². The number of hydrogen-bond donors (Lipinski definition) is 1. The summed E-state index contributed by atoms with van der Waals surface area (Å²) in [6.45, 7) is 0. The molecule has 0 aromatic heterocycles. The van der Waals surface area contributed by atoms with Crippen LogP contribution in [0.1, 0.15) is 27.5 Å². The molecule has 2 aromatic rings. The van der Waals surface area contributed by atoms with Crippen molar-refractivity contribution in [3.63, 3.8) is 0 Å². The van der Waals surface area contributed by atoms with Crippen LogP contribution >= 0.6 is 15.9 Å². The van der Waals surface area contributed by atoms with E-state index in [1.54, 1.807) is 36.4 Å². The van der Waals surface area contributed by atoms with Gasteiger partial charge in [-0.3, -0.25) is 4.79 Å². The van der Waals surface area contributed by atoms with Gasteiger partial charge < -0.3 is 10.1 Å². The molecule has 23 heavy (non-hydrogen) atoms. The first-order valence-corrected chi connectivity index (χ1v) is 7.48. The fourth-order valence-corrected chi connectivity index (χ4v) is 2.23. The highest BCUT2D eigenvalue weighted by Crippen LogP contribution is 2.19. The number of nitrogens with one attached hydrogen (secondary N) is 1. The van der Waals surface area contributed by atoms with Crippen LogP contribution in [0.2, 0.25) is 0 Å². The van der Waals surface area contributed by atoms with Crippen LogP contribution in [0.5, 0.6) is 0 Å². The van der Waals surface area contributed by atoms with Gasteiger partial charge in [0.1, 0.15) is 0 Å². The molecule has 0 bridgehead atoms. The van der Waals surface area contributed by atoms with Gasteiger partial charge in [-0.2, -0.15) is 5.26 Å². The number of halogens is 1. The number of carbonyl (C=O) groups is 2. The summed E-state index contributed by atoms with van der Waals surface area (Å²) in [5, 5.41) is 11.4. The molecule has 2 aromatic carbocycles. The minimum Gasteiger partial charge on any atom is -0.467 e. The minimum absolute atomic E-state index is 0.356. The van der Waals surface area contributed by atoms with Crippen molar-refractivity contribution in [1.29, 1.82) is 5.26 Å². The molecule has 0 spiro atoms. The summed E-state index contributed by atoms with van der Waals surface area (Å²) in [7, 11) is 1.27. The highest BCUT2D eigenvalue weighted by Gasteiger charge is 2.24. The summed E-state index contributed by atoms with van der Waals surface area (Å²) < 4.78 is 5.63. The molecule has 1 N–H and O–H groups in total. The fourth-order valence-electron chi connectivity index (χ4n) is 1.96. The first-order chi connectivity index (χ1) is 11.0. The zero-order valence-corrected chi connectivity index (χ0v) is 13.8. The SMILES string of the molecule is COC(=O)[C@@H](NC(=O)c1ccc(C#N)cc1)c1ccc(Br)cc1. The zero-order chi connectivity index (χ0) is 16.8. The van der Waals surface area contributed by atoms with Crippen molar-refractivity contribution < 1.29 is 14.3 Å². The van der Waals surface area contributed by atoms with Crippen molar-refractivity contribution >= 4 is 27.8 Å². The predicted molar refractivity (Wildman–Crippen MR) is 87.5 cm³/mol. The highest BCUT2D eigenvalue weighted by molar-refractivity contribution is 9.10. The maximum atomic E-state index is 12.3. The van der Waals surface area contributed by atoms with Gasteiger partial charge in [0.05, 0.1) is 18.7 Å². The quantitative estimate of drug-likeness (QED) is 0.836. The summed E-state index contributed by atoms with van der Waals surface area (Å²) in [5.74, 6) is -0.984. The first-order valence-electron chi connectivity index (χ1n) is 6.69. The van der Waals surface area contributed by atoms with E-state index in [1.807, 2.05) is 6.07 Å². The van der Waals surface area contributed by atoms with Gasteiger partial charge >= 0.3 is 5.97 Å². The lowest BCUT2D eigenvalue weighted by Gasteiger charge is -2.17. The third kappa shape index (κ3) is 4.18. The molecule has 0 aliphatic rings. The van der Waals surface area contributed by atoms with Crippen molar-refractivity contribution in [1.82, 2.24) is 5.32 Å². The molecule has 0 aliphatic carbocycles. The number of rotatable bonds is 4. The zero-order valence-electron chi connectivity index (χ0n) is 12.2. The van der Waals surface area contributed by atoms with Gasteiger partial charge in [-0.05, 0) is 42.0 Å². The van der Waals surface area contributed by atoms with Crippen LogP contribution in [-0.4, -0.2) is 19.0 Å². The Bertz CT molecular complexity index is 749. The number of esters is 1. The van der Waals surface area contributed by atoms with Crippen molar-refractivity contribution in [2.45, 2.75) is 6.04 Å². The van der Waals surface area contributed by atoms with E-state index in [1.165, 1.54) is 19.2 Å². The van der Waals surface area contributed by atoms with E-state index in [2.05, 4.69) is 21.2 Å². The Balaban J connectivity index is 2.23. The van der Waals surface area contributed by atoms with Crippen LogP contribution in [0.3, 0.4) is 0 Å². The molecule has 116 valence electrons.